The Morgan fingerprint density at radius 3 is 2.07 bits per heavy atom. The van der Waals surface area contributed by atoms with Crippen LogP contribution in [-0.2, 0) is 27.2 Å². The Kier molecular flexibility index (Phi) is 14.8. The quantitative estimate of drug-likeness (QED) is 0.400. The first-order chi connectivity index (χ1) is 6.27. The zero-order valence-corrected chi connectivity index (χ0v) is 10.6. The summed E-state index contributed by atoms with van der Waals surface area (Å²) in [6, 6.07) is 0. The number of carbonyl (C=O) groups is 1. The third-order valence-electron chi connectivity index (χ3n) is 1.96. The minimum atomic E-state index is -0.688. The Morgan fingerprint density at radius 1 is 1.07 bits per heavy atom. The molecule has 3 heteroatoms. The fourth-order valence-corrected chi connectivity index (χ4v) is 1.21. The number of carboxylic acid groups (broad SMARTS) is 1. The Labute approximate surface area is 102 Å². The third kappa shape index (κ3) is 14.3. The molecule has 0 amide bonds. The number of unbranched alkanes of at least 4 members (excludes halogenated alkanes) is 6. The number of rotatable bonds is 8. The fraction of sp³-hybridized carbons (Fsp3) is 0.727. The van der Waals surface area contributed by atoms with Crippen molar-refractivity contribution in [2.75, 3.05) is 0 Å². The van der Waals surface area contributed by atoms with Crippen molar-refractivity contribution in [3.8, 4) is 12.3 Å². The van der Waals surface area contributed by atoms with Crippen LogP contribution < -0.4 is 0 Å². The molecule has 0 aromatic carbocycles. The predicted molar refractivity (Wildman–Crippen MR) is 53.4 cm³/mol. The van der Waals surface area contributed by atoms with E-state index < -0.39 is 5.97 Å². The van der Waals surface area contributed by atoms with Gasteiger partial charge >= 0.3 is 5.97 Å². The maximum atomic E-state index is 10.2. The van der Waals surface area contributed by atoms with Gasteiger partial charge < -0.3 is 5.11 Å². The first-order valence-corrected chi connectivity index (χ1v) is 4.92. The van der Waals surface area contributed by atoms with Gasteiger partial charge in [0.2, 0.25) is 0 Å². The van der Waals surface area contributed by atoms with E-state index in [0.717, 1.165) is 32.1 Å². The Bertz CT molecular complexity index is 173. The van der Waals surface area contributed by atoms with Gasteiger partial charge in [-0.2, -0.15) is 0 Å². The summed E-state index contributed by atoms with van der Waals surface area (Å²) in [5.41, 5.74) is 0. The van der Waals surface area contributed by atoms with Gasteiger partial charge in [0.05, 0.1) is 0 Å². The van der Waals surface area contributed by atoms with Gasteiger partial charge in [-0.15, -0.1) is 12.3 Å². The van der Waals surface area contributed by atoms with Crippen LogP contribution in [0.15, 0.2) is 0 Å². The van der Waals surface area contributed by atoms with E-state index in [2.05, 4.69) is 5.92 Å². The molecule has 0 saturated heterocycles. The molecule has 0 unspecified atom stereocenters. The van der Waals surface area contributed by atoms with E-state index in [0.29, 0.717) is 6.42 Å². The second kappa shape index (κ2) is 12.8. The fourth-order valence-electron chi connectivity index (χ4n) is 1.21. The molecule has 2 nitrogen and oxygen atoms in total. The van der Waals surface area contributed by atoms with E-state index in [1.807, 2.05) is 0 Å². The van der Waals surface area contributed by atoms with Crippen molar-refractivity contribution in [1.29, 1.82) is 0 Å². The molecule has 0 saturated carbocycles. The van der Waals surface area contributed by atoms with Gasteiger partial charge in [-0.05, 0) is 12.8 Å². The molecular formula is C11H18AuO2. The summed E-state index contributed by atoms with van der Waals surface area (Å²) < 4.78 is 0. The molecule has 0 aromatic heterocycles. The molecular weight excluding hydrogens is 361 g/mol. The average Bonchev–Trinajstić information content (AvgIpc) is 2.09. The molecule has 14 heavy (non-hydrogen) atoms. The summed E-state index contributed by atoms with van der Waals surface area (Å²) in [5, 5.41) is 8.36. The standard InChI is InChI=1S/C11H18O2.Au/c1-2-3-4-5-6-7-8-9-10-11(12)13;/h1H,3-10H2,(H,12,13);. The molecule has 1 radical (unpaired) electrons. The van der Waals surface area contributed by atoms with Crippen molar-refractivity contribution in [3.63, 3.8) is 0 Å². The van der Waals surface area contributed by atoms with E-state index in [9.17, 15) is 4.79 Å². The van der Waals surface area contributed by atoms with Crippen molar-refractivity contribution in [1.82, 2.24) is 0 Å². The van der Waals surface area contributed by atoms with E-state index in [1.165, 1.54) is 12.8 Å². The first kappa shape index (κ1) is 16.2. The van der Waals surface area contributed by atoms with Crippen molar-refractivity contribution < 1.29 is 32.3 Å². The Hall–Kier alpha value is -0.230. The van der Waals surface area contributed by atoms with E-state index in [-0.39, 0.29) is 22.4 Å². The maximum Gasteiger partial charge on any atom is 0.303 e. The van der Waals surface area contributed by atoms with E-state index >= 15 is 0 Å². The smallest absolute Gasteiger partial charge is 0.303 e. The Morgan fingerprint density at radius 2 is 1.57 bits per heavy atom. The van der Waals surface area contributed by atoms with E-state index in [1.54, 1.807) is 0 Å². The summed E-state index contributed by atoms with van der Waals surface area (Å²) in [5.74, 6) is 1.92. The van der Waals surface area contributed by atoms with Crippen LogP contribution >= 0.6 is 0 Å². The molecule has 0 heterocycles. The molecule has 1 N–H and O–H groups in total. The van der Waals surface area contributed by atoms with Gasteiger partial charge in [0.1, 0.15) is 0 Å². The van der Waals surface area contributed by atoms with Gasteiger partial charge in [0.25, 0.3) is 0 Å². The summed E-state index contributed by atoms with van der Waals surface area (Å²) in [7, 11) is 0. The molecule has 0 aliphatic carbocycles. The van der Waals surface area contributed by atoms with Gasteiger partial charge in [0, 0.05) is 35.2 Å². The number of aliphatic carboxylic acids is 1. The molecule has 0 aromatic rings. The molecule has 0 aliphatic heterocycles. The summed E-state index contributed by atoms with van der Waals surface area (Å²) in [6.45, 7) is 0. The molecule has 85 valence electrons. The summed E-state index contributed by atoms with van der Waals surface area (Å²) >= 11 is 0. The topological polar surface area (TPSA) is 37.3 Å². The molecule has 0 rings (SSSR count). The second-order valence-electron chi connectivity index (χ2n) is 3.22. The zero-order valence-electron chi connectivity index (χ0n) is 8.39. The van der Waals surface area contributed by atoms with Crippen LogP contribution in [0.5, 0.6) is 0 Å². The van der Waals surface area contributed by atoms with Crippen molar-refractivity contribution in [2.45, 2.75) is 51.4 Å². The SMILES string of the molecule is C#CCCCCCCCCC(=O)O.[Au]. The largest absolute Gasteiger partial charge is 0.481 e. The van der Waals surface area contributed by atoms with E-state index in [4.69, 9.17) is 11.5 Å². The summed E-state index contributed by atoms with van der Waals surface area (Å²) in [6.07, 6.45) is 12.7. The minimum Gasteiger partial charge on any atom is -0.481 e. The van der Waals surface area contributed by atoms with Crippen molar-refractivity contribution in [2.24, 2.45) is 0 Å². The molecule has 0 aliphatic rings. The van der Waals surface area contributed by atoms with Crippen LogP contribution in [0.1, 0.15) is 51.4 Å². The van der Waals surface area contributed by atoms with Gasteiger partial charge in [-0.1, -0.05) is 25.7 Å². The normalized spacial score (nSPS) is 8.79. The monoisotopic (exact) mass is 379 g/mol. The zero-order chi connectivity index (χ0) is 9.94. The minimum absolute atomic E-state index is 0. The van der Waals surface area contributed by atoms with Gasteiger partial charge in [0.15, 0.2) is 0 Å². The maximum absolute atomic E-state index is 10.2. The number of carboxylic acids is 1. The molecule has 0 fully saturated rings. The average molecular weight is 379 g/mol. The molecule has 0 atom stereocenters. The molecule has 0 bridgehead atoms. The van der Waals surface area contributed by atoms with Crippen LogP contribution in [0.2, 0.25) is 0 Å². The number of hydrogen-bond donors (Lipinski definition) is 1. The predicted octanol–water partition coefficient (Wildman–Crippen LogP) is 2.82. The number of hydrogen-bond acceptors (Lipinski definition) is 1. The third-order valence-corrected chi connectivity index (χ3v) is 1.96. The van der Waals surface area contributed by atoms with Crippen LogP contribution in [0.4, 0.5) is 0 Å². The van der Waals surface area contributed by atoms with Crippen LogP contribution in [0, 0.1) is 12.3 Å². The first-order valence-electron chi connectivity index (χ1n) is 4.92. The Balaban J connectivity index is 0. The van der Waals surface area contributed by atoms with Gasteiger partial charge in [-0.3, -0.25) is 4.79 Å². The van der Waals surface area contributed by atoms with Crippen molar-refractivity contribution >= 4 is 5.97 Å². The van der Waals surface area contributed by atoms with Crippen LogP contribution in [0.3, 0.4) is 0 Å². The van der Waals surface area contributed by atoms with Crippen molar-refractivity contribution in [3.05, 3.63) is 0 Å². The van der Waals surface area contributed by atoms with Crippen LogP contribution in [0.25, 0.3) is 0 Å². The second-order valence-corrected chi connectivity index (χ2v) is 3.22. The number of terminal acetylenes is 1. The van der Waals surface area contributed by atoms with Gasteiger partial charge in [-0.25, -0.2) is 0 Å². The van der Waals surface area contributed by atoms with Crippen LogP contribution in [-0.4, -0.2) is 11.1 Å². The molecule has 0 spiro atoms. The summed E-state index contributed by atoms with van der Waals surface area (Å²) in [4.78, 5) is 10.2.